The van der Waals surface area contributed by atoms with Gasteiger partial charge in [0.25, 0.3) is 0 Å². The number of carbonyl (C=O) groups is 2. The highest BCUT2D eigenvalue weighted by molar-refractivity contribution is 8.01. The summed E-state index contributed by atoms with van der Waals surface area (Å²) in [6.45, 7) is 4.93. The molecular weight excluding hydrogens is 328 g/mol. The predicted octanol–water partition coefficient (Wildman–Crippen LogP) is 0.748. The van der Waals surface area contributed by atoms with Crippen molar-refractivity contribution in [1.29, 1.82) is 0 Å². The first-order valence-electron chi connectivity index (χ1n) is 9.05. The largest absolute Gasteiger partial charge is 0.381 e. The fraction of sp³-hybridized carbons (Fsp3) is 0.882. The highest BCUT2D eigenvalue weighted by Gasteiger charge is 2.51. The van der Waals surface area contributed by atoms with E-state index >= 15 is 0 Å². The zero-order valence-electron chi connectivity index (χ0n) is 14.1. The minimum absolute atomic E-state index is 0.0684. The fourth-order valence-corrected chi connectivity index (χ4v) is 5.72. The number of thioether (sulfide) groups is 1. The standard InChI is InChI=1S/C17H26N2O4S/c20-15(18-4-1-2-5-18)9-23-14-7-17(24-10-14)11-19(12-17)16(21)13-3-6-22-8-13/h13-14H,1-12H2. The molecule has 24 heavy (non-hydrogen) atoms. The summed E-state index contributed by atoms with van der Waals surface area (Å²) in [6.07, 6.45) is 4.19. The van der Waals surface area contributed by atoms with E-state index in [9.17, 15) is 9.59 Å². The Morgan fingerprint density at radius 1 is 1.21 bits per heavy atom. The summed E-state index contributed by atoms with van der Waals surface area (Å²) in [7, 11) is 0. The molecule has 0 N–H and O–H groups in total. The number of nitrogens with zero attached hydrogens (tertiary/aromatic N) is 2. The van der Waals surface area contributed by atoms with Crippen molar-refractivity contribution in [1.82, 2.24) is 9.80 Å². The van der Waals surface area contributed by atoms with E-state index < -0.39 is 0 Å². The topological polar surface area (TPSA) is 59.1 Å². The summed E-state index contributed by atoms with van der Waals surface area (Å²) in [5.74, 6) is 1.39. The first kappa shape index (κ1) is 16.7. The van der Waals surface area contributed by atoms with Gasteiger partial charge in [0.2, 0.25) is 11.8 Å². The maximum absolute atomic E-state index is 12.4. The molecule has 134 valence electrons. The van der Waals surface area contributed by atoms with Crippen molar-refractivity contribution < 1.29 is 19.1 Å². The van der Waals surface area contributed by atoms with Gasteiger partial charge in [0.1, 0.15) is 6.61 Å². The number of carbonyl (C=O) groups excluding carboxylic acids is 2. The Labute approximate surface area is 147 Å². The molecule has 0 saturated carbocycles. The quantitative estimate of drug-likeness (QED) is 0.746. The van der Waals surface area contributed by atoms with Crippen molar-refractivity contribution in [2.24, 2.45) is 5.92 Å². The van der Waals surface area contributed by atoms with E-state index in [1.807, 2.05) is 21.6 Å². The lowest BCUT2D eigenvalue weighted by atomic mass is 9.91. The molecule has 2 atom stereocenters. The van der Waals surface area contributed by atoms with Crippen LogP contribution in [0, 0.1) is 5.92 Å². The van der Waals surface area contributed by atoms with Gasteiger partial charge < -0.3 is 19.3 Å². The van der Waals surface area contributed by atoms with Crippen LogP contribution in [0.3, 0.4) is 0 Å². The Kier molecular flexibility index (Phi) is 4.75. The van der Waals surface area contributed by atoms with Crippen molar-refractivity contribution >= 4 is 23.6 Å². The maximum Gasteiger partial charge on any atom is 0.248 e. The van der Waals surface area contributed by atoms with Gasteiger partial charge in [-0.05, 0) is 25.7 Å². The predicted molar refractivity (Wildman–Crippen MR) is 90.9 cm³/mol. The smallest absolute Gasteiger partial charge is 0.248 e. The van der Waals surface area contributed by atoms with E-state index in [4.69, 9.17) is 9.47 Å². The van der Waals surface area contributed by atoms with Gasteiger partial charge in [-0.15, -0.1) is 11.8 Å². The number of amides is 2. The van der Waals surface area contributed by atoms with Crippen LogP contribution in [0.15, 0.2) is 0 Å². The number of ether oxygens (including phenoxy) is 2. The van der Waals surface area contributed by atoms with Crippen LogP contribution < -0.4 is 0 Å². The van der Waals surface area contributed by atoms with Gasteiger partial charge in [0.05, 0.1) is 23.4 Å². The zero-order chi connectivity index (χ0) is 16.6. The fourth-order valence-electron chi connectivity index (χ4n) is 4.17. The molecule has 4 saturated heterocycles. The summed E-state index contributed by atoms with van der Waals surface area (Å²) >= 11 is 1.91. The maximum atomic E-state index is 12.4. The number of rotatable bonds is 4. The van der Waals surface area contributed by atoms with Gasteiger partial charge in [-0.3, -0.25) is 9.59 Å². The lowest BCUT2D eigenvalue weighted by Crippen LogP contribution is -2.62. The molecule has 4 fully saturated rings. The van der Waals surface area contributed by atoms with Crippen LogP contribution in [-0.2, 0) is 19.1 Å². The monoisotopic (exact) mass is 354 g/mol. The molecule has 4 rings (SSSR count). The van der Waals surface area contributed by atoms with E-state index in [1.54, 1.807) is 0 Å². The molecule has 0 aromatic carbocycles. The molecule has 1 spiro atoms. The van der Waals surface area contributed by atoms with Crippen molar-refractivity contribution in [2.45, 2.75) is 36.5 Å². The van der Waals surface area contributed by atoms with E-state index in [1.165, 1.54) is 0 Å². The van der Waals surface area contributed by atoms with Crippen molar-refractivity contribution in [3.05, 3.63) is 0 Å². The van der Waals surface area contributed by atoms with Gasteiger partial charge in [0, 0.05) is 38.5 Å². The molecule has 6 nitrogen and oxygen atoms in total. The van der Waals surface area contributed by atoms with Crippen LogP contribution in [0.5, 0.6) is 0 Å². The summed E-state index contributed by atoms with van der Waals surface area (Å²) in [6, 6.07) is 0. The Hall–Kier alpha value is -0.790. The molecular formula is C17H26N2O4S. The third-order valence-corrected chi connectivity index (χ3v) is 7.20. The minimum Gasteiger partial charge on any atom is -0.381 e. The Morgan fingerprint density at radius 3 is 2.71 bits per heavy atom. The van der Waals surface area contributed by atoms with Crippen molar-refractivity contribution in [3.63, 3.8) is 0 Å². The van der Waals surface area contributed by atoms with E-state index in [0.29, 0.717) is 13.2 Å². The first-order chi connectivity index (χ1) is 11.7. The Morgan fingerprint density at radius 2 is 2.00 bits per heavy atom. The second-order valence-corrected chi connectivity index (χ2v) is 8.96. The van der Waals surface area contributed by atoms with Crippen LogP contribution in [-0.4, -0.2) is 84.2 Å². The average molecular weight is 354 g/mol. The number of likely N-dealkylation sites (tertiary alicyclic amines) is 2. The second-order valence-electron chi connectivity index (χ2n) is 7.47. The van der Waals surface area contributed by atoms with Crippen LogP contribution in [0.25, 0.3) is 0 Å². The first-order valence-corrected chi connectivity index (χ1v) is 10.0. The molecule has 4 heterocycles. The molecule has 0 aromatic rings. The summed E-state index contributed by atoms with van der Waals surface area (Å²) in [4.78, 5) is 28.3. The van der Waals surface area contributed by atoms with Crippen LogP contribution in [0.4, 0.5) is 0 Å². The van der Waals surface area contributed by atoms with E-state index in [0.717, 1.165) is 57.6 Å². The van der Waals surface area contributed by atoms with Gasteiger partial charge in [0.15, 0.2) is 0 Å². The average Bonchev–Trinajstić information content (AvgIpc) is 3.31. The molecule has 0 radical (unpaired) electrons. The van der Waals surface area contributed by atoms with Gasteiger partial charge in [-0.1, -0.05) is 0 Å². The highest BCUT2D eigenvalue weighted by Crippen LogP contribution is 2.46. The third-order valence-electron chi connectivity index (χ3n) is 5.63. The highest BCUT2D eigenvalue weighted by atomic mass is 32.2. The molecule has 2 amide bonds. The van der Waals surface area contributed by atoms with Crippen molar-refractivity contribution in [2.75, 3.05) is 51.8 Å². The van der Waals surface area contributed by atoms with E-state index in [2.05, 4.69) is 0 Å². The lowest BCUT2D eigenvalue weighted by molar-refractivity contribution is -0.141. The number of hydrogen-bond donors (Lipinski definition) is 0. The Balaban J connectivity index is 1.20. The van der Waals surface area contributed by atoms with Crippen LogP contribution >= 0.6 is 11.8 Å². The third kappa shape index (κ3) is 3.30. The van der Waals surface area contributed by atoms with Gasteiger partial charge >= 0.3 is 0 Å². The summed E-state index contributed by atoms with van der Waals surface area (Å²) in [5.41, 5.74) is 0. The molecule has 0 aromatic heterocycles. The summed E-state index contributed by atoms with van der Waals surface area (Å²) in [5, 5.41) is 0. The van der Waals surface area contributed by atoms with E-state index in [-0.39, 0.29) is 35.2 Å². The molecule has 4 aliphatic heterocycles. The van der Waals surface area contributed by atoms with Gasteiger partial charge in [-0.2, -0.15) is 0 Å². The molecule has 7 heteroatoms. The SMILES string of the molecule is O=C(COC1CSC2(C1)CN(C(=O)C1CCOC1)C2)N1CCCC1. The molecule has 0 bridgehead atoms. The lowest BCUT2D eigenvalue weighted by Gasteiger charge is -2.48. The van der Waals surface area contributed by atoms with Crippen molar-refractivity contribution in [3.8, 4) is 0 Å². The van der Waals surface area contributed by atoms with Crippen LogP contribution in [0.2, 0.25) is 0 Å². The summed E-state index contributed by atoms with van der Waals surface area (Å²) < 4.78 is 11.4. The second kappa shape index (κ2) is 6.84. The minimum atomic E-state index is 0.0684. The molecule has 4 aliphatic rings. The van der Waals surface area contributed by atoms with Gasteiger partial charge in [-0.25, -0.2) is 0 Å². The number of hydrogen-bond acceptors (Lipinski definition) is 5. The normalized spacial score (nSPS) is 31.7. The zero-order valence-corrected chi connectivity index (χ0v) is 14.9. The molecule has 2 unspecified atom stereocenters. The Bertz CT molecular complexity index is 497. The molecule has 0 aliphatic carbocycles. The van der Waals surface area contributed by atoms with Crippen LogP contribution in [0.1, 0.15) is 25.7 Å².